The normalized spacial score (nSPS) is 12.4. The topological polar surface area (TPSA) is 64.9 Å². The molecular formula is C22H23N5O. The third kappa shape index (κ3) is 3.93. The number of nitrogens with zero attached hydrogens (tertiary/aromatic N) is 4. The average molecular weight is 373 g/mol. The number of methoxy groups -OCH3 is 1. The van der Waals surface area contributed by atoms with E-state index in [1.165, 1.54) is 10.8 Å². The summed E-state index contributed by atoms with van der Waals surface area (Å²) in [6.07, 6.45) is 5.54. The molecule has 2 aromatic carbocycles. The van der Waals surface area contributed by atoms with Crippen molar-refractivity contribution in [2.75, 3.05) is 13.7 Å². The standard InChI is InChI=1S/C22H23N5O/c1-27-21(9-10-26-27)20(15-28-2)23-12-16-13-24-22(25-14-16)19-8-7-17-5-3-4-6-18(17)11-19/h3-11,13-14,20,23H,12,15H2,1-2H3. The summed E-state index contributed by atoms with van der Waals surface area (Å²) < 4.78 is 7.21. The second-order valence-electron chi connectivity index (χ2n) is 6.75. The van der Waals surface area contributed by atoms with Crippen LogP contribution in [0, 0.1) is 0 Å². The summed E-state index contributed by atoms with van der Waals surface area (Å²) in [6.45, 7) is 1.22. The summed E-state index contributed by atoms with van der Waals surface area (Å²) in [5.74, 6) is 0.731. The smallest absolute Gasteiger partial charge is 0.159 e. The number of nitrogens with one attached hydrogen (secondary N) is 1. The van der Waals surface area contributed by atoms with Crippen molar-refractivity contribution < 1.29 is 4.74 Å². The molecular weight excluding hydrogens is 350 g/mol. The van der Waals surface area contributed by atoms with Crippen molar-refractivity contribution in [1.82, 2.24) is 25.1 Å². The number of rotatable bonds is 7. The summed E-state index contributed by atoms with van der Waals surface area (Å²) in [5, 5.41) is 10.1. The first-order valence-corrected chi connectivity index (χ1v) is 9.25. The molecule has 2 heterocycles. The average Bonchev–Trinajstić information content (AvgIpc) is 3.17. The Labute approximate surface area is 164 Å². The molecule has 0 fully saturated rings. The van der Waals surface area contributed by atoms with Crippen LogP contribution in [0.1, 0.15) is 17.3 Å². The molecule has 4 rings (SSSR count). The van der Waals surface area contributed by atoms with Crippen LogP contribution in [0.25, 0.3) is 22.2 Å². The number of aromatic nitrogens is 4. The minimum atomic E-state index is 0.0534. The molecule has 0 saturated heterocycles. The highest BCUT2D eigenvalue weighted by molar-refractivity contribution is 5.86. The maximum atomic E-state index is 5.35. The van der Waals surface area contributed by atoms with Gasteiger partial charge in [-0.15, -0.1) is 0 Å². The van der Waals surface area contributed by atoms with E-state index in [1.54, 1.807) is 13.3 Å². The molecule has 4 aromatic rings. The molecule has 0 bridgehead atoms. The van der Waals surface area contributed by atoms with Crippen LogP contribution in [0.3, 0.4) is 0 Å². The highest BCUT2D eigenvalue weighted by atomic mass is 16.5. The van der Waals surface area contributed by atoms with Gasteiger partial charge in [-0.3, -0.25) is 4.68 Å². The predicted molar refractivity (Wildman–Crippen MR) is 110 cm³/mol. The van der Waals surface area contributed by atoms with Crippen molar-refractivity contribution in [2.24, 2.45) is 7.05 Å². The van der Waals surface area contributed by atoms with Crippen LogP contribution >= 0.6 is 0 Å². The minimum Gasteiger partial charge on any atom is -0.383 e. The monoisotopic (exact) mass is 373 g/mol. The zero-order valence-corrected chi connectivity index (χ0v) is 16.0. The van der Waals surface area contributed by atoms with Crippen LogP contribution in [-0.4, -0.2) is 33.5 Å². The maximum absolute atomic E-state index is 5.35. The van der Waals surface area contributed by atoms with Gasteiger partial charge in [-0.2, -0.15) is 5.10 Å². The summed E-state index contributed by atoms with van der Waals surface area (Å²) in [4.78, 5) is 9.12. The maximum Gasteiger partial charge on any atom is 0.159 e. The fourth-order valence-corrected chi connectivity index (χ4v) is 3.31. The SMILES string of the molecule is COCC(NCc1cnc(-c2ccc3ccccc3c2)nc1)c1ccnn1C. The van der Waals surface area contributed by atoms with Gasteiger partial charge < -0.3 is 10.1 Å². The van der Waals surface area contributed by atoms with E-state index in [2.05, 4.69) is 50.7 Å². The molecule has 0 aliphatic rings. The van der Waals surface area contributed by atoms with E-state index in [0.717, 1.165) is 22.6 Å². The van der Waals surface area contributed by atoms with E-state index < -0.39 is 0 Å². The Kier molecular flexibility index (Phi) is 5.41. The number of fused-ring (bicyclic) bond motifs is 1. The molecule has 0 saturated carbocycles. The second kappa shape index (κ2) is 8.29. The molecule has 0 amide bonds. The lowest BCUT2D eigenvalue weighted by Crippen LogP contribution is -2.27. The molecule has 1 atom stereocenters. The Balaban J connectivity index is 1.47. The molecule has 142 valence electrons. The highest BCUT2D eigenvalue weighted by Gasteiger charge is 2.14. The van der Waals surface area contributed by atoms with Gasteiger partial charge in [0.05, 0.1) is 18.3 Å². The van der Waals surface area contributed by atoms with Crippen molar-refractivity contribution in [3.8, 4) is 11.4 Å². The molecule has 28 heavy (non-hydrogen) atoms. The van der Waals surface area contributed by atoms with Gasteiger partial charge in [-0.25, -0.2) is 9.97 Å². The first kappa shape index (κ1) is 18.3. The van der Waals surface area contributed by atoms with E-state index in [4.69, 9.17) is 4.74 Å². The van der Waals surface area contributed by atoms with Gasteiger partial charge in [-0.1, -0.05) is 36.4 Å². The van der Waals surface area contributed by atoms with Gasteiger partial charge in [0.2, 0.25) is 0 Å². The highest BCUT2D eigenvalue weighted by Crippen LogP contribution is 2.21. The van der Waals surface area contributed by atoms with E-state index in [0.29, 0.717) is 13.2 Å². The number of benzene rings is 2. The molecule has 1 unspecified atom stereocenters. The van der Waals surface area contributed by atoms with E-state index in [1.807, 2.05) is 42.3 Å². The first-order valence-electron chi connectivity index (χ1n) is 9.25. The van der Waals surface area contributed by atoms with Gasteiger partial charge in [0.1, 0.15) is 0 Å². The number of ether oxygens (including phenoxy) is 1. The minimum absolute atomic E-state index is 0.0534. The number of aryl methyl sites for hydroxylation is 1. The van der Waals surface area contributed by atoms with E-state index in [9.17, 15) is 0 Å². The van der Waals surface area contributed by atoms with Crippen LogP contribution in [0.15, 0.2) is 67.1 Å². The third-order valence-corrected chi connectivity index (χ3v) is 4.81. The lowest BCUT2D eigenvalue weighted by molar-refractivity contribution is 0.163. The summed E-state index contributed by atoms with van der Waals surface area (Å²) in [5.41, 5.74) is 3.12. The fraction of sp³-hybridized carbons (Fsp3) is 0.227. The Morgan fingerprint density at radius 3 is 2.54 bits per heavy atom. The van der Waals surface area contributed by atoms with Crippen molar-refractivity contribution in [1.29, 1.82) is 0 Å². The Hall–Kier alpha value is -3.09. The van der Waals surface area contributed by atoms with E-state index >= 15 is 0 Å². The molecule has 6 heteroatoms. The quantitative estimate of drug-likeness (QED) is 0.537. The number of hydrogen-bond donors (Lipinski definition) is 1. The predicted octanol–water partition coefficient (Wildman–Crippen LogP) is 3.51. The van der Waals surface area contributed by atoms with Crippen LogP contribution < -0.4 is 5.32 Å². The molecule has 0 aliphatic carbocycles. The van der Waals surface area contributed by atoms with Crippen LogP contribution in [0.4, 0.5) is 0 Å². The summed E-state index contributed by atoms with van der Waals surface area (Å²) in [6, 6.07) is 16.6. The Morgan fingerprint density at radius 2 is 1.82 bits per heavy atom. The van der Waals surface area contributed by atoms with Crippen molar-refractivity contribution >= 4 is 10.8 Å². The third-order valence-electron chi connectivity index (χ3n) is 4.81. The van der Waals surface area contributed by atoms with Crippen molar-refractivity contribution in [2.45, 2.75) is 12.6 Å². The van der Waals surface area contributed by atoms with Crippen LogP contribution in [0.2, 0.25) is 0 Å². The molecule has 2 aromatic heterocycles. The van der Waals surface area contributed by atoms with Crippen LogP contribution in [0.5, 0.6) is 0 Å². The van der Waals surface area contributed by atoms with Gasteiger partial charge in [-0.05, 0) is 22.9 Å². The Morgan fingerprint density at radius 1 is 1.04 bits per heavy atom. The molecule has 6 nitrogen and oxygen atoms in total. The van der Waals surface area contributed by atoms with E-state index in [-0.39, 0.29) is 6.04 Å². The largest absolute Gasteiger partial charge is 0.383 e. The van der Waals surface area contributed by atoms with Gasteiger partial charge in [0.25, 0.3) is 0 Å². The lowest BCUT2D eigenvalue weighted by atomic mass is 10.1. The van der Waals surface area contributed by atoms with Gasteiger partial charge in [0.15, 0.2) is 5.82 Å². The zero-order chi connectivity index (χ0) is 19.3. The van der Waals surface area contributed by atoms with Gasteiger partial charge >= 0.3 is 0 Å². The number of hydrogen-bond acceptors (Lipinski definition) is 5. The van der Waals surface area contributed by atoms with Gasteiger partial charge in [0, 0.05) is 50.4 Å². The molecule has 1 N–H and O–H groups in total. The fourth-order valence-electron chi connectivity index (χ4n) is 3.31. The summed E-state index contributed by atoms with van der Waals surface area (Å²) >= 11 is 0. The Bertz CT molecular complexity index is 1060. The molecule has 0 radical (unpaired) electrons. The zero-order valence-electron chi connectivity index (χ0n) is 16.0. The molecule has 0 aliphatic heterocycles. The first-order chi connectivity index (χ1) is 13.7. The van der Waals surface area contributed by atoms with Crippen molar-refractivity contribution in [3.63, 3.8) is 0 Å². The van der Waals surface area contributed by atoms with Crippen molar-refractivity contribution in [3.05, 3.63) is 78.4 Å². The summed E-state index contributed by atoms with van der Waals surface area (Å²) in [7, 11) is 3.63. The lowest BCUT2D eigenvalue weighted by Gasteiger charge is -2.18. The second-order valence-corrected chi connectivity index (χ2v) is 6.75. The van der Waals surface area contributed by atoms with Crippen LogP contribution in [-0.2, 0) is 18.3 Å². The molecule has 0 spiro atoms.